The van der Waals surface area contributed by atoms with Gasteiger partial charge in [-0.3, -0.25) is 0 Å². The van der Waals surface area contributed by atoms with E-state index in [1.807, 2.05) is 31.2 Å². The molecule has 3 nitrogen and oxygen atoms in total. The van der Waals surface area contributed by atoms with Gasteiger partial charge in [-0.05, 0) is 43.4 Å². The first-order valence-electron chi connectivity index (χ1n) is 7.06. The maximum atomic E-state index is 5.79. The number of hydrogen-bond donors (Lipinski definition) is 1. The van der Waals surface area contributed by atoms with Crippen LogP contribution in [0.4, 0.5) is 0 Å². The second kappa shape index (κ2) is 8.33. The third-order valence-corrected chi connectivity index (χ3v) is 4.21. The molecule has 1 heterocycles. The number of thioether (sulfide) groups is 1. The molecule has 0 radical (unpaired) electrons. The lowest BCUT2D eigenvalue weighted by Crippen LogP contribution is -2.35. The highest BCUT2D eigenvalue weighted by Gasteiger charge is 2.12. The summed E-state index contributed by atoms with van der Waals surface area (Å²) in [5.74, 6) is 4.24. The average molecular weight is 281 g/mol. The highest BCUT2D eigenvalue weighted by atomic mass is 32.2. The van der Waals surface area contributed by atoms with Crippen LogP contribution in [0.25, 0.3) is 0 Å². The Morgan fingerprint density at radius 2 is 1.84 bits per heavy atom. The number of nitrogens with one attached hydrogen (secondary N) is 1. The van der Waals surface area contributed by atoms with Gasteiger partial charge in [0.1, 0.15) is 6.61 Å². The first kappa shape index (κ1) is 14.5. The molecule has 1 saturated heterocycles. The fourth-order valence-corrected chi connectivity index (χ4v) is 3.28. The van der Waals surface area contributed by atoms with Crippen molar-refractivity contribution in [3.8, 4) is 11.5 Å². The molecule has 2 rings (SSSR count). The lowest BCUT2D eigenvalue weighted by Gasteiger charge is -2.22. The van der Waals surface area contributed by atoms with E-state index in [9.17, 15) is 0 Å². The number of hydrogen-bond acceptors (Lipinski definition) is 4. The van der Waals surface area contributed by atoms with Gasteiger partial charge < -0.3 is 14.8 Å². The Morgan fingerprint density at radius 1 is 1.16 bits per heavy atom. The predicted molar refractivity (Wildman–Crippen MR) is 81.5 cm³/mol. The largest absolute Gasteiger partial charge is 0.490 e. The van der Waals surface area contributed by atoms with Crippen LogP contribution in [-0.4, -0.2) is 37.3 Å². The minimum atomic E-state index is 0.665. The van der Waals surface area contributed by atoms with Gasteiger partial charge in [-0.1, -0.05) is 12.1 Å². The molecule has 4 heteroatoms. The van der Waals surface area contributed by atoms with Crippen molar-refractivity contribution in [2.45, 2.75) is 25.8 Å². The predicted octanol–water partition coefficient (Wildman–Crippen LogP) is 2.95. The molecule has 0 bridgehead atoms. The highest BCUT2D eigenvalue weighted by molar-refractivity contribution is 7.99. The van der Waals surface area contributed by atoms with Crippen LogP contribution < -0.4 is 14.8 Å². The first-order valence-corrected chi connectivity index (χ1v) is 8.21. The number of ether oxygens (including phenoxy) is 2. The van der Waals surface area contributed by atoms with E-state index in [-0.39, 0.29) is 0 Å². The molecule has 0 saturated carbocycles. The molecule has 0 aliphatic carbocycles. The Balaban J connectivity index is 1.70. The van der Waals surface area contributed by atoms with Gasteiger partial charge in [0.25, 0.3) is 0 Å². The van der Waals surface area contributed by atoms with Crippen molar-refractivity contribution in [2.75, 3.05) is 31.3 Å². The van der Waals surface area contributed by atoms with Crippen molar-refractivity contribution in [2.24, 2.45) is 0 Å². The molecule has 106 valence electrons. The molecule has 0 aromatic heterocycles. The molecule has 0 unspecified atom stereocenters. The van der Waals surface area contributed by atoms with Crippen LogP contribution in [0.3, 0.4) is 0 Å². The zero-order valence-electron chi connectivity index (χ0n) is 11.6. The molecule has 0 amide bonds. The van der Waals surface area contributed by atoms with E-state index in [0.717, 1.165) is 18.0 Å². The van der Waals surface area contributed by atoms with Crippen LogP contribution in [0.2, 0.25) is 0 Å². The van der Waals surface area contributed by atoms with Crippen LogP contribution in [0.1, 0.15) is 19.8 Å². The van der Waals surface area contributed by atoms with Crippen molar-refractivity contribution in [3.63, 3.8) is 0 Å². The number of para-hydroxylation sites is 2. The van der Waals surface area contributed by atoms with Gasteiger partial charge in [0.05, 0.1) is 6.61 Å². The van der Waals surface area contributed by atoms with Gasteiger partial charge in [0.15, 0.2) is 11.5 Å². The van der Waals surface area contributed by atoms with Gasteiger partial charge in [0.2, 0.25) is 0 Å². The van der Waals surface area contributed by atoms with Crippen LogP contribution in [-0.2, 0) is 0 Å². The lowest BCUT2D eigenvalue weighted by molar-refractivity contribution is 0.270. The topological polar surface area (TPSA) is 30.5 Å². The molecule has 1 aromatic rings. The van der Waals surface area contributed by atoms with Crippen molar-refractivity contribution in [3.05, 3.63) is 24.3 Å². The summed E-state index contributed by atoms with van der Waals surface area (Å²) in [6.45, 7) is 4.24. The summed E-state index contributed by atoms with van der Waals surface area (Å²) < 4.78 is 11.3. The molecular formula is C15H23NO2S. The van der Waals surface area contributed by atoms with Crippen LogP contribution in [0.15, 0.2) is 24.3 Å². The summed E-state index contributed by atoms with van der Waals surface area (Å²) >= 11 is 2.05. The standard InChI is InChI=1S/C15H23NO2S/c1-2-17-14-5-3-4-6-15(14)18-10-9-16-13-7-11-19-12-8-13/h3-6,13,16H,2,7-12H2,1H3. The van der Waals surface area contributed by atoms with Gasteiger partial charge >= 0.3 is 0 Å². The summed E-state index contributed by atoms with van der Waals surface area (Å²) in [4.78, 5) is 0. The van der Waals surface area contributed by atoms with E-state index in [1.165, 1.54) is 24.3 Å². The smallest absolute Gasteiger partial charge is 0.161 e. The Labute approximate surface area is 120 Å². The molecular weight excluding hydrogens is 258 g/mol. The fourth-order valence-electron chi connectivity index (χ4n) is 2.17. The average Bonchev–Trinajstić information content (AvgIpc) is 2.47. The minimum Gasteiger partial charge on any atom is -0.490 e. The van der Waals surface area contributed by atoms with E-state index < -0.39 is 0 Å². The number of rotatable bonds is 7. The fraction of sp³-hybridized carbons (Fsp3) is 0.600. The molecule has 0 atom stereocenters. The quantitative estimate of drug-likeness (QED) is 0.778. The third-order valence-electron chi connectivity index (χ3n) is 3.16. The van der Waals surface area contributed by atoms with Crippen molar-refractivity contribution < 1.29 is 9.47 Å². The van der Waals surface area contributed by atoms with E-state index in [1.54, 1.807) is 0 Å². The third kappa shape index (κ3) is 4.96. The van der Waals surface area contributed by atoms with Gasteiger partial charge in [-0.2, -0.15) is 11.8 Å². The molecule has 1 aliphatic rings. The lowest BCUT2D eigenvalue weighted by atomic mass is 10.1. The molecule has 19 heavy (non-hydrogen) atoms. The second-order valence-corrected chi connectivity index (χ2v) is 5.79. The Bertz CT molecular complexity index is 367. The summed E-state index contributed by atoms with van der Waals surface area (Å²) in [5, 5.41) is 3.56. The van der Waals surface area contributed by atoms with Gasteiger partial charge in [0, 0.05) is 12.6 Å². The molecule has 1 fully saturated rings. The molecule has 1 aromatic carbocycles. The first-order chi connectivity index (χ1) is 9.40. The Kier molecular flexibility index (Phi) is 6.37. The van der Waals surface area contributed by atoms with E-state index in [0.29, 0.717) is 19.3 Å². The van der Waals surface area contributed by atoms with E-state index in [4.69, 9.17) is 9.47 Å². The summed E-state index contributed by atoms with van der Waals surface area (Å²) in [7, 11) is 0. The van der Waals surface area contributed by atoms with Crippen molar-refractivity contribution in [1.82, 2.24) is 5.32 Å². The summed E-state index contributed by atoms with van der Waals surface area (Å²) in [6, 6.07) is 8.53. The summed E-state index contributed by atoms with van der Waals surface area (Å²) in [6.07, 6.45) is 2.56. The van der Waals surface area contributed by atoms with Crippen molar-refractivity contribution >= 4 is 11.8 Å². The van der Waals surface area contributed by atoms with E-state index >= 15 is 0 Å². The Morgan fingerprint density at radius 3 is 2.53 bits per heavy atom. The molecule has 1 aliphatic heterocycles. The Hall–Kier alpha value is -0.870. The maximum absolute atomic E-state index is 5.79. The van der Waals surface area contributed by atoms with E-state index in [2.05, 4.69) is 17.1 Å². The SMILES string of the molecule is CCOc1ccccc1OCCNC1CCSCC1. The van der Waals surface area contributed by atoms with Gasteiger partial charge in [-0.25, -0.2) is 0 Å². The summed E-state index contributed by atoms with van der Waals surface area (Å²) in [5.41, 5.74) is 0. The monoisotopic (exact) mass is 281 g/mol. The van der Waals surface area contributed by atoms with Crippen molar-refractivity contribution in [1.29, 1.82) is 0 Å². The molecule has 1 N–H and O–H groups in total. The van der Waals surface area contributed by atoms with Crippen LogP contribution >= 0.6 is 11.8 Å². The highest BCUT2D eigenvalue weighted by Crippen LogP contribution is 2.26. The normalized spacial score (nSPS) is 16.3. The zero-order valence-corrected chi connectivity index (χ0v) is 12.4. The minimum absolute atomic E-state index is 0.665. The van der Waals surface area contributed by atoms with Gasteiger partial charge in [-0.15, -0.1) is 0 Å². The van der Waals surface area contributed by atoms with Crippen LogP contribution in [0.5, 0.6) is 11.5 Å². The zero-order chi connectivity index (χ0) is 13.3. The number of benzene rings is 1. The van der Waals surface area contributed by atoms with Crippen LogP contribution in [0, 0.1) is 0 Å². The maximum Gasteiger partial charge on any atom is 0.161 e. The second-order valence-electron chi connectivity index (χ2n) is 4.57. The molecule has 0 spiro atoms.